The van der Waals surface area contributed by atoms with Crippen LogP contribution in [0, 0.1) is 11.6 Å². The van der Waals surface area contributed by atoms with Crippen LogP contribution in [0.5, 0.6) is 0 Å². The van der Waals surface area contributed by atoms with Gasteiger partial charge in [-0.25, -0.2) is 13.8 Å². The maximum atomic E-state index is 13.6. The summed E-state index contributed by atoms with van der Waals surface area (Å²) in [6, 6.07) is 3.88. The highest BCUT2D eigenvalue weighted by molar-refractivity contribution is 5.97. The summed E-state index contributed by atoms with van der Waals surface area (Å²) in [4.78, 5) is 10.7. The van der Waals surface area contributed by atoms with E-state index in [9.17, 15) is 8.78 Å². The molecule has 0 bridgehead atoms. The third-order valence-electron chi connectivity index (χ3n) is 5.36. The Morgan fingerprint density at radius 3 is 2.61 bits per heavy atom. The molecule has 2 heterocycles. The van der Waals surface area contributed by atoms with E-state index in [1.165, 1.54) is 50.6 Å². The maximum Gasteiger partial charge on any atom is 0.263 e. The Balaban J connectivity index is 1.53. The lowest BCUT2D eigenvalue weighted by Gasteiger charge is -2.31. The van der Waals surface area contributed by atoms with Crippen molar-refractivity contribution in [2.45, 2.75) is 38.1 Å². The van der Waals surface area contributed by atoms with Gasteiger partial charge in [-0.05, 0) is 32.0 Å². The molecule has 0 spiro atoms. The molecule has 4 rings (SSSR count). The van der Waals surface area contributed by atoms with Crippen LogP contribution in [0.15, 0.2) is 29.0 Å². The first-order valence-corrected chi connectivity index (χ1v) is 9.63. The van der Waals surface area contributed by atoms with Gasteiger partial charge in [-0.1, -0.05) is 24.4 Å². The number of nitrogens with zero attached hydrogens (tertiary/aromatic N) is 4. The molecule has 0 amide bonds. The van der Waals surface area contributed by atoms with Crippen molar-refractivity contribution in [2.75, 3.05) is 25.5 Å². The Morgan fingerprint density at radius 1 is 1.11 bits per heavy atom. The van der Waals surface area contributed by atoms with Gasteiger partial charge >= 0.3 is 0 Å². The number of nitrogens with one attached hydrogen (secondary N) is 1. The minimum absolute atomic E-state index is 0.276. The summed E-state index contributed by atoms with van der Waals surface area (Å²) in [6.45, 7) is 1.55. The zero-order chi connectivity index (χ0) is 19.5. The number of hydrogen-bond acceptors (Lipinski definition) is 6. The van der Waals surface area contributed by atoms with Crippen LogP contribution in [-0.4, -0.2) is 46.2 Å². The van der Waals surface area contributed by atoms with E-state index in [1.807, 2.05) is 0 Å². The van der Waals surface area contributed by atoms with E-state index >= 15 is 0 Å². The largest absolute Gasteiger partial charge is 0.368 e. The summed E-state index contributed by atoms with van der Waals surface area (Å²) in [5.41, 5.74) is 0.878. The van der Waals surface area contributed by atoms with Gasteiger partial charge < -0.3 is 14.7 Å². The topological polar surface area (TPSA) is 67.1 Å². The molecule has 0 atom stereocenters. The lowest BCUT2D eigenvalue weighted by molar-refractivity contribution is 0.198. The van der Waals surface area contributed by atoms with Crippen molar-refractivity contribution in [3.8, 4) is 11.3 Å². The van der Waals surface area contributed by atoms with Gasteiger partial charge in [0.1, 0.15) is 34.9 Å². The fourth-order valence-electron chi connectivity index (χ4n) is 3.86. The number of halogens is 2. The average Bonchev–Trinajstić information content (AvgIpc) is 3.13. The summed E-state index contributed by atoms with van der Waals surface area (Å²) in [7, 11) is 2.15. The van der Waals surface area contributed by atoms with Crippen LogP contribution >= 0.6 is 0 Å². The van der Waals surface area contributed by atoms with Crippen LogP contribution in [0.2, 0.25) is 0 Å². The molecule has 28 heavy (non-hydrogen) atoms. The fraction of sp³-hybridized carbons (Fsp3) is 0.450. The smallest absolute Gasteiger partial charge is 0.263 e. The Bertz CT molecular complexity index is 935. The van der Waals surface area contributed by atoms with Crippen LogP contribution in [-0.2, 0) is 0 Å². The molecule has 3 aromatic rings. The van der Waals surface area contributed by atoms with Crippen LogP contribution in [0.1, 0.15) is 32.1 Å². The van der Waals surface area contributed by atoms with Gasteiger partial charge in [0, 0.05) is 30.8 Å². The highest BCUT2D eigenvalue weighted by Gasteiger charge is 2.20. The Kier molecular flexibility index (Phi) is 5.47. The predicted molar refractivity (Wildman–Crippen MR) is 103 cm³/mol. The van der Waals surface area contributed by atoms with Crippen molar-refractivity contribution in [1.82, 2.24) is 20.0 Å². The van der Waals surface area contributed by atoms with Gasteiger partial charge in [0.2, 0.25) is 0 Å². The Labute approximate surface area is 161 Å². The molecule has 0 aliphatic heterocycles. The van der Waals surface area contributed by atoms with Crippen molar-refractivity contribution < 1.29 is 13.3 Å². The van der Waals surface area contributed by atoms with E-state index in [2.05, 4.69) is 32.4 Å². The number of rotatable bonds is 6. The van der Waals surface area contributed by atoms with Gasteiger partial charge in [0.15, 0.2) is 0 Å². The van der Waals surface area contributed by atoms with Crippen molar-refractivity contribution >= 4 is 16.9 Å². The second-order valence-electron chi connectivity index (χ2n) is 7.29. The minimum Gasteiger partial charge on any atom is -0.368 e. The number of hydrogen-bond donors (Lipinski definition) is 1. The van der Waals surface area contributed by atoms with Gasteiger partial charge in [-0.2, -0.15) is 4.98 Å². The first-order valence-electron chi connectivity index (χ1n) is 9.63. The molecule has 1 saturated carbocycles. The summed E-state index contributed by atoms with van der Waals surface area (Å²) < 4.78 is 32.5. The van der Waals surface area contributed by atoms with E-state index in [-0.39, 0.29) is 11.3 Å². The number of likely N-dealkylation sites (N-methyl/N-ethyl adjacent to an activating group) is 1. The SMILES string of the molecule is CN(CCNc1ncnc2onc(-c3cc(F)cc(F)c3)c12)C1CCCCC1. The standard InChI is InChI=1S/C20H23F2N5O/c1-27(16-5-3-2-4-6-16)8-7-23-19-17-18(26-28-20(17)25-12-24-19)13-9-14(21)11-15(22)10-13/h9-12,16H,2-8H2,1H3,(H,23,24,25). The fourth-order valence-corrected chi connectivity index (χ4v) is 3.86. The highest BCUT2D eigenvalue weighted by atomic mass is 19.1. The lowest BCUT2D eigenvalue weighted by Crippen LogP contribution is -2.36. The molecule has 0 radical (unpaired) electrons. The van der Waals surface area contributed by atoms with Gasteiger partial charge in [-0.3, -0.25) is 0 Å². The molecule has 0 saturated heterocycles. The molecule has 1 fully saturated rings. The molecule has 1 aliphatic rings. The quantitative estimate of drug-likeness (QED) is 0.682. The number of fused-ring (bicyclic) bond motifs is 1. The van der Waals surface area contributed by atoms with E-state index < -0.39 is 11.6 Å². The lowest BCUT2D eigenvalue weighted by atomic mass is 9.94. The molecule has 1 aliphatic carbocycles. The third-order valence-corrected chi connectivity index (χ3v) is 5.36. The van der Waals surface area contributed by atoms with Gasteiger partial charge in [-0.15, -0.1) is 0 Å². The van der Waals surface area contributed by atoms with Crippen LogP contribution in [0.25, 0.3) is 22.4 Å². The monoisotopic (exact) mass is 387 g/mol. The van der Waals surface area contributed by atoms with Gasteiger partial charge in [0.25, 0.3) is 5.71 Å². The molecule has 0 unspecified atom stereocenters. The number of anilines is 1. The second kappa shape index (κ2) is 8.18. The summed E-state index contributed by atoms with van der Waals surface area (Å²) in [5, 5.41) is 7.79. The molecule has 148 valence electrons. The molecular weight excluding hydrogens is 364 g/mol. The molecule has 2 aromatic heterocycles. The number of benzene rings is 1. The Morgan fingerprint density at radius 2 is 1.86 bits per heavy atom. The second-order valence-corrected chi connectivity index (χ2v) is 7.29. The van der Waals surface area contributed by atoms with E-state index in [4.69, 9.17) is 4.52 Å². The van der Waals surface area contributed by atoms with Crippen LogP contribution < -0.4 is 5.32 Å². The first-order chi connectivity index (χ1) is 13.6. The summed E-state index contributed by atoms with van der Waals surface area (Å²) in [6.07, 6.45) is 7.80. The van der Waals surface area contributed by atoms with E-state index in [1.54, 1.807) is 0 Å². The summed E-state index contributed by atoms with van der Waals surface area (Å²) >= 11 is 0. The predicted octanol–water partition coefficient (Wildman–Crippen LogP) is 4.24. The molecular formula is C20H23F2N5O. The average molecular weight is 387 g/mol. The maximum absolute atomic E-state index is 13.6. The summed E-state index contributed by atoms with van der Waals surface area (Å²) in [5.74, 6) is -0.804. The minimum atomic E-state index is -0.674. The molecule has 8 heteroatoms. The van der Waals surface area contributed by atoms with Crippen molar-refractivity contribution in [3.05, 3.63) is 36.2 Å². The van der Waals surface area contributed by atoms with E-state index in [0.717, 1.165) is 12.6 Å². The van der Waals surface area contributed by atoms with Crippen molar-refractivity contribution in [2.24, 2.45) is 0 Å². The number of aromatic nitrogens is 3. The first kappa shape index (κ1) is 18.7. The third kappa shape index (κ3) is 3.96. The van der Waals surface area contributed by atoms with Crippen LogP contribution in [0.4, 0.5) is 14.6 Å². The molecule has 1 N–H and O–H groups in total. The van der Waals surface area contributed by atoms with Crippen LogP contribution in [0.3, 0.4) is 0 Å². The van der Waals surface area contributed by atoms with E-state index in [0.29, 0.717) is 29.5 Å². The zero-order valence-electron chi connectivity index (χ0n) is 15.8. The zero-order valence-corrected chi connectivity index (χ0v) is 15.8. The van der Waals surface area contributed by atoms with Crippen molar-refractivity contribution in [3.63, 3.8) is 0 Å². The Hall–Kier alpha value is -2.61. The van der Waals surface area contributed by atoms with Crippen molar-refractivity contribution in [1.29, 1.82) is 0 Å². The molecule has 6 nitrogen and oxygen atoms in total. The normalized spacial score (nSPS) is 15.4. The molecule has 1 aromatic carbocycles. The highest BCUT2D eigenvalue weighted by Crippen LogP contribution is 2.32. The van der Waals surface area contributed by atoms with Gasteiger partial charge in [0.05, 0.1) is 0 Å².